The van der Waals surface area contributed by atoms with Crippen molar-refractivity contribution in [2.75, 3.05) is 7.05 Å². The maximum Gasteiger partial charge on any atom is 0.235 e. The lowest BCUT2D eigenvalue weighted by Crippen LogP contribution is -2.64. The molecule has 1 saturated carbocycles. The maximum absolute atomic E-state index is 12.9. The third kappa shape index (κ3) is 2.66. The smallest absolute Gasteiger partial charge is 0.235 e. The molecule has 0 spiro atoms. The van der Waals surface area contributed by atoms with Crippen LogP contribution in [0.4, 0.5) is 0 Å². The average molecular weight is 349 g/mol. The van der Waals surface area contributed by atoms with Crippen LogP contribution in [-0.4, -0.2) is 33.8 Å². The molecule has 0 aromatic carbocycles. The fraction of sp³-hybridized carbons (Fsp3) is 0.400. The lowest BCUT2D eigenvalue weighted by molar-refractivity contribution is -0.136. The Labute approximate surface area is 153 Å². The van der Waals surface area contributed by atoms with E-state index >= 15 is 0 Å². The number of aryl methyl sites for hydroxylation is 1. The topological polar surface area (TPSA) is 82.0 Å². The highest BCUT2D eigenvalue weighted by Gasteiger charge is 2.53. The number of nitrogens with one attached hydrogen (secondary N) is 2. The number of carbonyl (C=O) groups is 1. The van der Waals surface area contributed by atoms with Gasteiger partial charge in [-0.3, -0.25) is 25.1 Å². The SMILES string of the molecule is Cc1cncc(-c2cc([C@@]3(C)NC(=N)N(C)C(=O)[C@@H]3C3CC3)ccn2)c1. The summed E-state index contributed by atoms with van der Waals surface area (Å²) in [6, 6.07) is 6.01. The van der Waals surface area contributed by atoms with Crippen molar-refractivity contribution in [2.45, 2.75) is 32.2 Å². The second-order valence-corrected chi connectivity index (χ2v) is 7.57. The Morgan fingerprint density at radius 2 is 2.08 bits per heavy atom. The molecule has 26 heavy (non-hydrogen) atoms. The van der Waals surface area contributed by atoms with Crippen LogP contribution in [0.2, 0.25) is 0 Å². The summed E-state index contributed by atoms with van der Waals surface area (Å²) < 4.78 is 0. The van der Waals surface area contributed by atoms with Gasteiger partial charge in [0.2, 0.25) is 5.91 Å². The number of nitrogens with zero attached hydrogens (tertiary/aromatic N) is 3. The Hall–Kier alpha value is -2.76. The number of rotatable bonds is 3. The van der Waals surface area contributed by atoms with Gasteiger partial charge in [0, 0.05) is 31.2 Å². The molecule has 0 radical (unpaired) electrons. The molecule has 2 N–H and O–H groups in total. The normalized spacial score (nSPS) is 26.0. The van der Waals surface area contributed by atoms with Crippen LogP contribution in [0.5, 0.6) is 0 Å². The highest BCUT2D eigenvalue weighted by atomic mass is 16.2. The zero-order valence-corrected chi connectivity index (χ0v) is 15.3. The predicted molar refractivity (Wildman–Crippen MR) is 99.4 cm³/mol. The van der Waals surface area contributed by atoms with Crippen LogP contribution in [0.15, 0.2) is 36.8 Å². The Morgan fingerprint density at radius 3 is 2.77 bits per heavy atom. The summed E-state index contributed by atoms with van der Waals surface area (Å²) in [5.74, 6) is 0.361. The summed E-state index contributed by atoms with van der Waals surface area (Å²) in [5, 5.41) is 11.5. The standard InChI is InChI=1S/C20H23N5O/c1-12-8-14(11-22-10-12)16-9-15(6-7-23-16)20(2)17(13-4-5-13)18(26)25(3)19(21)24-20/h6-11,13,17H,4-5H2,1-3H3,(H2,21,24)/t17-,20+/m0/s1. The summed E-state index contributed by atoms with van der Waals surface area (Å²) >= 11 is 0. The number of hydrogen-bond acceptors (Lipinski definition) is 4. The van der Waals surface area contributed by atoms with E-state index < -0.39 is 5.54 Å². The number of amides is 1. The quantitative estimate of drug-likeness (QED) is 0.892. The first kappa shape index (κ1) is 16.7. The maximum atomic E-state index is 12.9. The molecule has 3 heterocycles. The van der Waals surface area contributed by atoms with Gasteiger partial charge in [-0.1, -0.05) is 0 Å². The average Bonchev–Trinajstić information content (AvgIpc) is 3.45. The molecule has 2 fully saturated rings. The summed E-state index contributed by atoms with van der Waals surface area (Å²) in [5.41, 5.74) is 3.22. The van der Waals surface area contributed by atoms with Gasteiger partial charge in [-0.05, 0) is 61.9 Å². The number of aromatic nitrogens is 2. The molecular formula is C20H23N5O. The zero-order valence-electron chi connectivity index (χ0n) is 15.3. The van der Waals surface area contributed by atoms with Gasteiger partial charge in [0.1, 0.15) is 0 Å². The van der Waals surface area contributed by atoms with E-state index in [1.165, 1.54) is 4.90 Å². The van der Waals surface area contributed by atoms with E-state index in [2.05, 4.69) is 21.4 Å². The molecule has 6 nitrogen and oxygen atoms in total. The molecule has 1 amide bonds. The third-order valence-electron chi connectivity index (χ3n) is 5.56. The van der Waals surface area contributed by atoms with Gasteiger partial charge in [0.15, 0.2) is 5.96 Å². The zero-order chi connectivity index (χ0) is 18.5. The van der Waals surface area contributed by atoms with Crippen LogP contribution >= 0.6 is 0 Å². The van der Waals surface area contributed by atoms with Gasteiger partial charge in [-0.2, -0.15) is 0 Å². The molecule has 2 atom stereocenters. The Kier molecular flexibility index (Phi) is 3.79. The minimum atomic E-state index is -0.614. The first-order valence-corrected chi connectivity index (χ1v) is 8.93. The van der Waals surface area contributed by atoms with Crippen LogP contribution in [0.3, 0.4) is 0 Å². The van der Waals surface area contributed by atoms with Crippen molar-refractivity contribution in [3.63, 3.8) is 0 Å². The summed E-state index contributed by atoms with van der Waals surface area (Å²) in [6.45, 7) is 4.03. The monoisotopic (exact) mass is 349 g/mol. The molecule has 0 bridgehead atoms. The van der Waals surface area contributed by atoms with Gasteiger partial charge in [0.05, 0.1) is 17.2 Å². The number of guanidine groups is 1. The number of hydrogen-bond donors (Lipinski definition) is 2. The highest BCUT2D eigenvalue weighted by molar-refractivity contribution is 6.00. The van der Waals surface area contributed by atoms with Crippen molar-refractivity contribution in [2.24, 2.45) is 11.8 Å². The molecule has 1 aliphatic carbocycles. The van der Waals surface area contributed by atoms with Crippen LogP contribution < -0.4 is 5.32 Å². The predicted octanol–water partition coefficient (Wildman–Crippen LogP) is 2.69. The van der Waals surface area contributed by atoms with Crippen molar-refractivity contribution in [3.05, 3.63) is 47.9 Å². The molecule has 134 valence electrons. The molecule has 2 aliphatic rings. The van der Waals surface area contributed by atoms with Gasteiger partial charge in [0.25, 0.3) is 0 Å². The van der Waals surface area contributed by atoms with E-state index in [1.807, 2.05) is 32.2 Å². The third-order valence-corrected chi connectivity index (χ3v) is 5.56. The van der Waals surface area contributed by atoms with E-state index in [0.29, 0.717) is 5.92 Å². The molecule has 2 aromatic heterocycles. The first-order valence-electron chi connectivity index (χ1n) is 8.93. The number of pyridine rings is 2. The summed E-state index contributed by atoms with van der Waals surface area (Å²) in [7, 11) is 1.67. The van der Waals surface area contributed by atoms with E-state index in [-0.39, 0.29) is 17.8 Å². The Morgan fingerprint density at radius 1 is 1.31 bits per heavy atom. The van der Waals surface area contributed by atoms with E-state index in [1.54, 1.807) is 19.4 Å². The van der Waals surface area contributed by atoms with Crippen molar-refractivity contribution >= 4 is 11.9 Å². The van der Waals surface area contributed by atoms with Crippen LogP contribution in [0.1, 0.15) is 30.9 Å². The molecule has 1 saturated heterocycles. The summed E-state index contributed by atoms with van der Waals surface area (Å²) in [4.78, 5) is 23.1. The minimum absolute atomic E-state index is 0.0225. The van der Waals surface area contributed by atoms with Crippen LogP contribution in [-0.2, 0) is 10.3 Å². The van der Waals surface area contributed by atoms with Crippen molar-refractivity contribution in [1.82, 2.24) is 20.2 Å². The fourth-order valence-corrected chi connectivity index (χ4v) is 3.93. The van der Waals surface area contributed by atoms with Crippen LogP contribution in [0, 0.1) is 24.2 Å². The van der Waals surface area contributed by atoms with E-state index in [4.69, 9.17) is 5.41 Å². The minimum Gasteiger partial charge on any atom is -0.346 e. The molecule has 1 aliphatic heterocycles. The molecular weight excluding hydrogens is 326 g/mol. The van der Waals surface area contributed by atoms with Gasteiger partial charge >= 0.3 is 0 Å². The van der Waals surface area contributed by atoms with Gasteiger partial charge < -0.3 is 5.32 Å². The molecule has 4 rings (SSSR count). The lowest BCUT2D eigenvalue weighted by atomic mass is 9.74. The second-order valence-electron chi connectivity index (χ2n) is 7.57. The van der Waals surface area contributed by atoms with Crippen molar-refractivity contribution in [3.8, 4) is 11.3 Å². The molecule has 2 aromatic rings. The van der Waals surface area contributed by atoms with Gasteiger partial charge in [-0.15, -0.1) is 0 Å². The molecule has 0 unspecified atom stereocenters. The van der Waals surface area contributed by atoms with Gasteiger partial charge in [-0.25, -0.2) is 0 Å². The van der Waals surface area contributed by atoms with Crippen molar-refractivity contribution in [1.29, 1.82) is 5.41 Å². The van der Waals surface area contributed by atoms with E-state index in [9.17, 15) is 4.79 Å². The largest absolute Gasteiger partial charge is 0.346 e. The van der Waals surface area contributed by atoms with E-state index in [0.717, 1.165) is 35.2 Å². The van der Waals surface area contributed by atoms with Crippen LogP contribution in [0.25, 0.3) is 11.3 Å². The molecule has 6 heteroatoms. The fourth-order valence-electron chi connectivity index (χ4n) is 3.93. The number of carbonyl (C=O) groups excluding carboxylic acids is 1. The first-order chi connectivity index (χ1) is 12.4. The second kappa shape index (κ2) is 5.90. The Balaban J connectivity index is 1.79. The summed E-state index contributed by atoms with van der Waals surface area (Å²) in [6.07, 6.45) is 7.52. The highest BCUT2D eigenvalue weighted by Crippen LogP contribution is 2.48. The van der Waals surface area contributed by atoms with Crippen molar-refractivity contribution < 1.29 is 4.79 Å². The Bertz CT molecular complexity index is 891. The lowest BCUT2D eigenvalue weighted by Gasteiger charge is -2.46.